The summed E-state index contributed by atoms with van der Waals surface area (Å²) in [6, 6.07) is 8.74. The predicted molar refractivity (Wildman–Crippen MR) is 103 cm³/mol. The molecule has 0 bridgehead atoms. The second-order valence-corrected chi connectivity index (χ2v) is 7.12. The number of fused-ring (bicyclic) bond motifs is 1. The molecule has 29 heavy (non-hydrogen) atoms. The van der Waals surface area contributed by atoms with E-state index in [1.165, 1.54) is 17.1 Å². The highest BCUT2D eigenvalue weighted by Gasteiger charge is 2.55. The average Bonchev–Trinajstić information content (AvgIpc) is 3.19. The van der Waals surface area contributed by atoms with Crippen LogP contribution in [0.1, 0.15) is 5.56 Å². The lowest BCUT2D eigenvalue weighted by Crippen LogP contribution is -2.43. The average molecular weight is 416 g/mol. The summed E-state index contributed by atoms with van der Waals surface area (Å²) in [6.45, 7) is 1.59. The maximum atomic E-state index is 13.2. The first-order valence-electron chi connectivity index (χ1n) is 8.72. The van der Waals surface area contributed by atoms with Crippen LogP contribution in [-0.2, 0) is 14.4 Å². The molecule has 8 nitrogen and oxygen atoms in total. The minimum atomic E-state index is -0.989. The largest absolute Gasteiger partial charge is 0.324 e. The molecule has 0 spiro atoms. The summed E-state index contributed by atoms with van der Waals surface area (Å²) in [5, 5.41) is 11.3. The van der Waals surface area contributed by atoms with E-state index in [1.807, 2.05) is 6.92 Å². The van der Waals surface area contributed by atoms with Gasteiger partial charge in [-0.3, -0.25) is 19.4 Å². The van der Waals surface area contributed by atoms with Gasteiger partial charge in [0, 0.05) is 5.69 Å². The zero-order valence-electron chi connectivity index (χ0n) is 15.2. The summed E-state index contributed by atoms with van der Waals surface area (Å²) in [5.74, 6) is -2.10. The van der Waals surface area contributed by atoms with Gasteiger partial charge in [-0.05, 0) is 37.3 Å². The van der Waals surface area contributed by atoms with Crippen LogP contribution in [0.2, 0.25) is 5.02 Å². The summed E-state index contributed by atoms with van der Waals surface area (Å²) in [5.41, 5.74) is 1.73. The minimum absolute atomic E-state index is 0.131. The van der Waals surface area contributed by atoms with E-state index in [0.29, 0.717) is 11.4 Å². The number of nitrogens with one attached hydrogen (secondary N) is 1. The van der Waals surface area contributed by atoms with Gasteiger partial charge >= 0.3 is 0 Å². The number of carbonyl (C=O) groups is 3. The number of aryl methyl sites for hydroxylation is 1. The Morgan fingerprint density at radius 3 is 2.59 bits per heavy atom. The number of imide groups is 1. The lowest BCUT2D eigenvalue weighted by molar-refractivity contribution is -0.123. The molecule has 2 aliphatic rings. The molecule has 1 N–H and O–H groups in total. The maximum absolute atomic E-state index is 13.2. The molecule has 2 atom stereocenters. The predicted octanol–water partition coefficient (Wildman–Crippen LogP) is 2.72. The quantitative estimate of drug-likeness (QED) is 0.777. The smallest absolute Gasteiger partial charge is 0.263 e. The summed E-state index contributed by atoms with van der Waals surface area (Å²) in [6.07, 6.45) is 0. The Balaban J connectivity index is 1.48. The summed E-state index contributed by atoms with van der Waals surface area (Å²) in [7, 11) is 0. The SMILES string of the molecule is Cc1ccc(N2C(=O)C3N=NN(CC(=O)Nc4ccc(F)c(Cl)c4)C3C2=O)cc1. The van der Waals surface area contributed by atoms with Crippen LogP contribution in [0.15, 0.2) is 52.8 Å². The number of hydrogen-bond donors (Lipinski definition) is 1. The lowest BCUT2D eigenvalue weighted by atomic mass is 10.1. The fourth-order valence-corrected chi connectivity index (χ4v) is 3.40. The maximum Gasteiger partial charge on any atom is 0.263 e. The summed E-state index contributed by atoms with van der Waals surface area (Å²) < 4.78 is 13.2. The van der Waals surface area contributed by atoms with Gasteiger partial charge in [0.15, 0.2) is 12.1 Å². The lowest BCUT2D eigenvalue weighted by Gasteiger charge is -2.20. The van der Waals surface area contributed by atoms with Gasteiger partial charge in [0.25, 0.3) is 11.8 Å². The molecule has 2 aromatic rings. The van der Waals surface area contributed by atoms with Crippen LogP contribution in [0.3, 0.4) is 0 Å². The fraction of sp³-hybridized carbons (Fsp3) is 0.211. The molecule has 3 amide bonds. The van der Waals surface area contributed by atoms with Crippen molar-refractivity contribution < 1.29 is 18.8 Å². The first-order chi connectivity index (χ1) is 13.8. The highest BCUT2D eigenvalue weighted by Crippen LogP contribution is 2.32. The molecule has 2 heterocycles. The number of rotatable bonds is 4. The first kappa shape index (κ1) is 19.0. The molecule has 0 aliphatic carbocycles. The number of benzene rings is 2. The van der Waals surface area contributed by atoms with Crippen molar-refractivity contribution in [3.8, 4) is 0 Å². The van der Waals surface area contributed by atoms with E-state index < -0.39 is 35.6 Å². The van der Waals surface area contributed by atoms with E-state index in [-0.39, 0.29) is 11.6 Å². The molecule has 0 radical (unpaired) electrons. The van der Waals surface area contributed by atoms with Gasteiger partial charge in [0.1, 0.15) is 12.4 Å². The summed E-state index contributed by atoms with van der Waals surface area (Å²) in [4.78, 5) is 38.9. The third kappa shape index (κ3) is 3.44. The van der Waals surface area contributed by atoms with E-state index in [1.54, 1.807) is 24.3 Å². The molecule has 2 aliphatic heterocycles. The molecule has 2 aromatic carbocycles. The van der Waals surface area contributed by atoms with E-state index >= 15 is 0 Å². The zero-order valence-corrected chi connectivity index (χ0v) is 15.9. The molecule has 10 heteroatoms. The molecule has 0 saturated carbocycles. The molecule has 4 rings (SSSR count). The second kappa shape index (κ2) is 7.25. The van der Waals surface area contributed by atoms with Crippen molar-refractivity contribution in [2.75, 3.05) is 16.8 Å². The van der Waals surface area contributed by atoms with Crippen molar-refractivity contribution in [2.24, 2.45) is 10.3 Å². The Morgan fingerprint density at radius 2 is 1.90 bits per heavy atom. The van der Waals surface area contributed by atoms with Crippen LogP contribution in [0.4, 0.5) is 15.8 Å². The van der Waals surface area contributed by atoms with Gasteiger partial charge in [-0.15, -0.1) is 0 Å². The Labute approximate surface area is 169 Å². The highest BCUT2D eigenvalue weighted by atomic mass is 35.5. The fourth-order valence-electron chi connectivity index (χ4n) is 3.22. The molecule has 1 fully saturated rings. The van der Waals surface area contributed by atoms with Crippen LogP contribution < -0.4 is 10.2 Å². The molecule has 2 unspecified atom stereocenters. The van der Waals surface area contributed by atoms with E-state index in [4.69, 9.17) is 11.6 Å². The van der Waals surface area contributed by atoms with Crippen LogP contribution in [-0.4, -0.2) is 41.4 Å². The van der Waals surface area contributed by atoms with Crippen LogP contribution in [0.5, 0.6) is 0 Å². The van der Waals surface area contributed by atoms with Crippen LogP contribution in [0, 0.1) is 12.7 Å². The molecule has 0 aromatic heterocycles. The molecular weight excluding hydrogens is 401 g/mol. The van der Waals surface area contributed by atoms with Gasteiger partial charge in [-0.2, -0.15) is 5.11 Å². The van der Waals surface area contributed by atoms with Crippen LogP contribution in [0.25, 0.3) is 0 Å². The molecule has 1 saturated heterocycles. The zero-order chi connectivity index (χ0) is 20.7. The van der Waals surface area contributed by atoms with Gasteiger partial charge in [0.2, 0.25) is 5.91 Å². The Hall–Kier alpha value is -3.33. The Bertz CT molecular complexity index is 1040. The number of carbonyl (C=O) groups excluding carboxylic acids is 3. The van der Waals surface area contributed by atoms with Gasteiger partial charge in [0.05, 0.1) is 10.7 Å². The Morgan fingerprint density at radius 1 is 1.17 bits per heavy atom. The summed E-state index contributed by atoms with van der Waals surface area (Å²) >= 11 is 5.70. The van der Waals surface area contributed by atoms with Crippen molar-refractivity contribution in [1.82, 2.24) is 5.01 Å². The number of anilines is 2. The number of hydrogen-bond acceptors (Lipinski definition) is 6. The first-order valence-corrected chi connectivity index (χ1v) is 9.10. The monoisotopic (exact) mass is 415 g/mol. The molecule has 148 valence electrons. The van der Waals surface area contributed by atoms with Crippen molar-refractivity contribution >= 4 is 40.7 Å². The van der Waals surface area contributed by atoms with Crippen molar-refractivity contribution in [3.05, 3.63) is 58.9 Å². The normalized spacial score (nSPS) is 20.4. The second-order valence-electron chi connectivity index (χ2n) is 6.72. The van der Waals surface area contributed by atoms with E-state index in [0.717, 1.165) is 16.5 Å². The van der Waals surface area contributed by atoms with Gasteiger partial charge < -0.3 is 5.32 Å². The standard InChI is InChI=1S/C19H15ClFN5O3/c1-10-2-5-12(6-3-10)26-18(28)16-17(19(26)29)25(24-23-16)9-15(27)22-11-4-7-14(21)13(20)8-11/h2-8,16-17H,9H2,1H3,(H,22,27). The number of amides is 3. The third-order valence-electron chi connectivity index (χ3n) is 4.66. The van der Waals surface area contributed by atoms with Gasteiger partial charge in [-0.25, -0.2) is 9.29 Å². The van der Waals surface area contributed by atoms with E-state index in [9.17, 15) is 18.8 Å². The highest BCUT2D eigenvalue weighted by molar-refractivity contribution is 6.31. The van der Waals surface area contributed by atoms with Crippen molar-refractivity contribution in [3.63, 3.8) is 0 Å². The number of halogens is 2. The molecular formula is C19H15ClFN5O3. The minimum Gasteiger partial charge on any atom is -0.324 e. The Kier molecular flexibility index (Phi) is 4.75. The van der Waals surface area contributed by atoms with E-state index in [2.05, 4.69) is 15.7 Å². The van der Waals surface area contributed by atoms with Crippen molar-refractivity contribution in [1.29, 1.82) is 0 Å². The van der Waals surface area contributed by atoms with Crippen LogP contribution >= 0.6 is 11.6 Å². The van der Waals surface area contributed by atoms with Gasteiger partial charge in [-0.1, -0.05) is 34.5 Å². The third-order valence-corrected chi connectivity index (χ3v) is 4.95. The number of nitrogens with zero attached hydrogens (tertiary/aromatic N) is 4. The van der Waals surface area contributed by atoms with Crippen molar-refractivity contribution in [2.45, 2.75) is 19.0 Å². The topological polar surface area (TPSA) is 94.4 Å².